The third kappa shape index (κ3) is 1.04. The highest BCUT2D eigenvalue weighted by molar-refractivity contribution is 5.99. The molecular weight excluding hydrogens is 144 g/mol. The van der Waals surface area contributed by atoms with Crippen LogP contribution in [0.4, 0.5) is 0 Å². The molecule has 0 aliphatic heterocycles. The fourth-order valence-electron chi connectivity index (χ4n) is 1.29. The summed E-state index contributed by atoms with van der Waals surface area (Å²) in [5.74, 6) is -0.345. The van der Waals surface area contributed by atoms with Gasteiger partial charge in [-0.2, -0.15) is 0 Å². The first-order valence-corrected chi connectivity index (χ1v) is 3.61. The SMILES string of the molecule is COC(=O)[C@@H]1CC(=O)C1(C)C. The van der Waals surface area contributed by atoms with E-state index in [2.05, 4.69) is 4.74 Å². The standard InChI is InChI=1S/C8H12O3/c1-8(2)5(4-6(8)9)7(10)11-3/h5H,4H2,1-3H3/t5-/m0/s1. The van der Waals surface area contributed by atoms with Crippen LogP contribution < -0.4 is 0 Å². The second-order valence-electron chi connectivity index (χ2n) is 3.42. The Hall–Kier alpha value is -0.860. The van der Waals surface area contributed by atoms with Gasteiger partial charge < -0.3 is 4.74 Å². The van der Waals surface area contributed by atoms with Crippen LogP contribution in [0.25, 0.3) is 0 Å². The number of carbonyl (C=O) groups excluding carboxylic acids is 2. The van der Waals surface area contributed by atoms with E-state index in [-0.39, 0.29) is 17.7 Å². The number of rotatable bonds is 1. The van der Waals surface area contributed by atoms with Crippen molar-refractivity contribution in [2.24, 2.45) is 11.3 Å². The van der Waals surface area contributed by atoms with Crippen LogP contribution in [-0.2, 0) is 14.3 Å². The van der Waals surface area contributed by atoms with E-state index >= 15 is 0 Å². The van der Waals surface area contributed by atoms with Crippen LogP contribution in [0.3, 0.4) is 0 Å². The number of ketones is 1. The van der Waals surface area contributed by atoms with Crippen molar-refractivity contribution >= 4 is 11.8 Å². The van der Waals surface area contributed by atoms with Crippen LogP contribution in [0.2, 0.25) is 0 Å². The molecule has 1 aliphatic carbocycles. The molecule has 3 heteroatoms. The van der Waals surface area contributed by atoms with Gasteiger partial charge in [0.15, 0.2) is 0 Å². The molecule has 0 bridgehead atoms. The molecule has 11 heavy (non-hydrogen) atoms. The Morgan fingerprint density at radius 1 is 1.64 bits per heavy atom. The van der Waals surface area contributed by atoms with Gasteiger partial charge in [0.1, 0.15) is 5.78 Å². The molecule has 1 atom stereocenters. The Balaban J connectivity index is 2.66. The predicted octanol–water partition coefficient (Wildman–Crippen LogP) is 0.775. The van der Waals surface area contributed by atoms with Crippen molar-refractivity contribution in [2.45, 2.75) is 20.3 Å². The molecule has 1 saturated carbocycles. The van der Waals surface area contributed by atoms with E-state index in [9.17, 15) is 9.59 Å². The lowest BCUT2D eigenvalue weighted by atomic mass is 9.61. The molecule has 1 fully saturated rings. The largest absolute Gasteiger partial charge is 0.469 e. The van der Waals surface area contributed by atoms with Crippen molar-refractivity contribution in [1.82, 2.24) is 0 Å². The minimum Gasteiger partial charge on any atom is -0.469 e. The maximum atomic E-state index is 11.0. The fraction of sp³-hybridized carbons (Fsp3) is 0.750. The Morgan fingerprint density at radius 3 is 2.45 bits per heavy atom. The van der Waals surface area contributed by atoms with Crippen LogP contribution in [0.15, 0.2) is 0 Å². The minimum atomic E-state index is -0.493. The van der Waals surface area contributed by atoms with E-state index < -0.39 is 5.41 Å². The molecule has 0 radical (unpaired) electrons. The van der Waals surface area contributed by atoms with Gasteiger partial charge in [-0.15, -0.1) is 0 Å². The van der Waals surface area contributed by atoms with E-state index in [1.54, 1.807) is 13.8 Å². The molecule has 0 saturated heterocycles. The predicted molar refractivity (Wildman–Crippen MR) is 38.9 cm³/mol. The van der Waals surface area contributed by atoms with Gasteiger partial charge in [0, 0.05) is 11.8 Å². The number of hydrogen-bond acceptors (Lipinski definition) is 3. The summed E-state index contributed by atoms with van der Waals surface area (Å²) in [7, 11) is 1.35. The normalized spacial score (nSPS) is 27.5. The molecule has 62 valence electrons. The summed E-state index contributed by atoms with van der Waals surface area (Å²) >= 11 is 0. The topological polar surface area (TPSA) is 43.4 Å². The lowest BCUT2D eigenvalue weighted by Crippen LogP contribution is -2.49. The van der Waals surface area contributed by atoms with Gasteiger partial charge in [0.25, 0.3) is 0 Å². The molecule has 0 aromatic carbocycles. The number of esters is 1. The molecule has 1 aliphatic rings. The lowest BCUT2D eigenvalue weighted by molar-refractivity contribution is -0.164. The quantitative estimate of drug-likeness (QED) is 0.527. The molecular formula is C8H12O3. The molecule has 0 heterocycles. The summed E-state index contributed by atoms with van der Waals surface area (Å²) in [5, 5.41) is 0. The first kappa shape index (κ1) is 8.24. The van der Waals surface area contributed by atoms with Crippen molar-refractivity contribution in [3.8, 4) is 0 Å². The third-order valence-corrected chi connectivity index (χ3v) is 2.47. The Morgan fingerprint density at radius 2 is 2.18 bits per heavy atom. The minimum absolute atomic E-state index is 0.146. The number of methoxy groups -OCH3 is 1. The third-order valence-electron chi connectivity index (χ3n) is 2.47. The number of hydrogen-bond donors (Lipinski definition) is 0. The van der Waals surface area contributed by atoms with Crippen LogP contribution in [-0.4, -0.2) is 18.9 Å². The van der Waals surface area contributed by atoms with Crippen LogP contribution >= 0.6 is 0 Å². The Labute approximate surface area is 65.7 Å². The monoisotopic (exact) mass is 156 g/mol. The maximum Gasteiger partial charge on any atom is 0.310 e. The van der Waals surface area contributed by atoms with E-state index in [1.807, 2.05) is 0 Å². The van der Waals surface area contributed by atoms with Gasteiger partial charge in [-0.1, -0.05) is 13.8 Å². The second kappa shape index (κ2) is 2.32. The highest BCUT2D eigenvalue weighted by Crippen LogP contribution is 2.42. The second-order valence-corrected chi connectivity index (χ2v) is 3.42. The van der Waals surface area contributed by atoms with Crippen LogP contribution in [0, 0.1) is 11.3 Å². The summed E-state index contributed by atoms with van der Waals surface area (Å²) in [6, 6.07) is 0. The molecule has 0 N–H and O–H groups in total. The van der Waals surface area contributed by atoms with E-state index in [0.717, 1.165) is 0 Å². The summed E-state index contributed by atoms with van der Waals surface area (Å²) in [6.45, 7) is 3.56. The maximum absolute atomic E-state index is 11.0. The van der Waals surface area contributed by atoms with Gasteiger partial charge in [-0.3, -0.25) is 9.59 Å². The zero-order chi connectivity index (χ0) is 8.65. The summed E-state index contributed by atoms with van der Waals surface area (Å²) in [5.41, 5.74) is -0.493. The summed E-state index contributed by atoms with van der Waals surface area (Å²) < 4.78 is 4.55. The van der Waals surface area contributed by atoms with Crippen molar-refractivity contribution < 1.29 is 14.3 Å². The van der Waals surface area contributed by atoms with E-state index in [4.69, 9.17) is 0 Å². The summed E-state index contributed by atoms with van der Waals surface area (Å²) in [4.78, 5) is 22.0. The Kier molecular flexibility index (Phi) is 1.74. The fourth-order valence-corrected chi connectivity index (χ4v) is 1.29. The first-order valence-electron chi connectivity index (χ1n) is 3.61. The average Bonchev–Trinajstić information content (AvgIpc) is 1.98. The zero-order valence-electron chi connectivity index (χ0n) is 7.01. The van der Waals surface area contributed by atoms with Crippen molar-refractivity contribution in [2.75, 3.05) is 7.11 Å². The van der Waals surface area contributed by atoms with Gasteiger partial charge in [0.2, 0.25) is 0 Å². The van der Waals surface area contributed by atoms with Crippen LogP contribution in [0.1, 0.15) is 20.3 Å². The number of ether oxygens (including phenoxy) is 1. The smallest absolute Gasteiger partial charge is 0.310 e. The van der Waals surface area contributed by atoms with Gasteiger partial charge in [-0.25, -0.2) is 0 Å². The zero-order valence-corrected chi connectivity index (χ0v) is 7.01. The van der Waals surface area contributed by atoms with Gasteiger partial charge >= 0.3 is 5.97 Å². The van der Waals surface area contributed by atoms with E-state index in [0.29, 0.717) is 6.42 Å². The molecule has 0 aromatic rings. The van der Waals surface area contributed by atoms with Gasteiger partial charge in [0.05, 0.1) is 13.0 Å². The molecule has 0 aromatic heterocycles. The van der Waals surface area contributed by atoms with Crippen molar-refractivity contribution in [3.63, 3.8) is 0 Å². The number of Topliss-reactive ketones (excluding diaryl/α,β-unsaturated/α-hetero) is 1. The number of carbonyl (C=O) groups is 2. The first-order chi connectivity index (χ1) is 5.00. The highest BCUT2D eigenvalue weighted by Gasteiger charge is 2.51. The molecule has 3 nitrogen and oxygen atoms in total. The average molecular weight is 156 g/mol. The Bertz CT molecular complexity index is 205. The van der Waals surface area contributed by atoms with Crippen LogP contribution in [0.5, 0.6) is 0 Å². The molecule has 0 spiro atoms. The van der Waals surface area contributed by atoms with Gasteiger partial charge in [-0.05, 0) is 0 Å². The molecule has 0 unspecified atom stereocenters. The summed E-state index contributed by atoms with van der Waals surface area (Å²) in [6.07, 6.45) is 0.347. The highest BCUT2D eigenvalue weighted by atomic mass is 16.5. The van der Waals surface area contributed by atoms with E-state index in [1.165, 1.54) is 7.11 Å². The van der Waals surface area contributed by atoms with Crippen molar-refractivity contribution in [1.29, 1.82) is 0 Å². The molecule has 0 amide bonds. The molecule has 1 rings (SSSR count). The van der Waals surface area contributed by atoms with Crippen molar-refractivity contribution in [3.05, 3.63) is 0 Å². The lowest BCUT2D eigenvalue weighted by Gasteiger charge is -2.39.